The van der Waals surface area contributed by atoms with Gasteiger partial charge in [-0.05, 0) is 25.1 Å². The molecule has 0 aliphatic carbocycles. The van der Waals surface area contributed by atoms with E-state index in [-0.39, 0.29) is 11.8 Å². The third kappa shape index (κ3) is 1.68. The SMILES string of the molecule is Cc1[nH]c2cc(Cl)ccc2c(=O)c1CC#N. The lowest BCUT2D eigenvalue weighted by molar-refractivity contribution is 1.12. The number of H-pyrrole nitrogens is 1. The second kappa shape index (κ2) is 3.99. The molecule has 0 spiro atoms. The van der Waals surface area contributed by atoms with Gasteiger partial charge in [0.05, 0.1) is 18.0 Å². The predicted molar refractivity (Wildman–Crippen MR) is 63.6 cm³/mol. The summed E-state index contributed by atoms with van der Waals surface area (Å²) in [6.07, 6.45) is 0.125. The third-order valence-corrected chi connectivity index (χ3v) is 2.77. The van der Waals surface area contributed by atoms with E-state index >= 15 is 0 Å². The quantitative estimate of drug-likeness (QED) is 0.822. The van der Waals surface area contributed by atoms with Gasteiger partial charge >= 0.3 is 0 Å². The van der Waals surface area contributed by atoms with Crippen LogP contribution in [0.15, 0.2) is 23.0 Å². The van der Waals surface area contributed by atoms with Crippen molar-refractivity contribution in [1.29, 1.82) is 5.26 Å². The molecule has 1 heterocycles. The molecule has 0 unspecified atom stereocenters. The fraction of sp³-hybridized carbons (Fsp3) is 0.167. The lowest BCUT2D eigenvalue weighted by Gasteiger charge is -2.05. The maximum Gasteiger partial charge on any atom is 0.193 e. The van der Waals surface area contributed by atoms with Crippen LogP contribution in [0, 0.1) is 18.3 Å². The largest absolute Gasteiger partial charge is 0.358 e. The second-order valence-electron chi connectivity index (χ2n) is 3.58. The summed E-state index contributed by atoms with van der Waals surface area (Å²) < 4.78 is 0. The van der Waals surface area contributed by atoms with Crippen molar-refractivity contribution in [2.45, 2.75) is 13.3 Å². The zero-order valence-corrected chi connectivity index (χ0v) is 9.43. The summed E-state index contributed by atoms with van der Waals surface area (Å²) in [7, 11) is 0. The van der Waals surface area contributed by atoms with Gasteiger partial charge in [0.2, 0.25) is 0 Å². The van der Waals surface area contributed by atoms with Gasteiger partial charge < -0.3 is 4.98 Å². The van der Waals surface area contributed by atoms with Crippen LogP contribution in [0.25, 0.3) is 10.9 Å². The summed E-state index contributed by atoms with van der Waals surface area (Å²) in [6.45, 7) is 1.79. The zero-order valence-electron chi connectivity index (χ0n) is 8.67. The topological polar surface area (TPSA) is 56.6 Å². The molecule has 80 valence electrons. The molecule has 0 saturated heterocycles. The number of nitrogens with zero attached hydrogens (tertiary/aromatic N) is 1. The molecule has 0 amide bonds. The number of halogens is 1. The van der Waals surface area contributed by atoms with E-state index in [2.05, 4.69) is 4.98 Å². The van der Waals surface area contributed by atoms with Crippen LogP contribution in [-0.4, -0.2) is 4.98 Å². The number of aromatic amines is 1. The second-order valence-corrected chi connectivity index (χ2v) is 4.02. The van der Waals surface area contributed by atoms with Crippen LogP contribution < -0.4 is 5.43 Å². The number of rotatable bonds is 1. The van der Waals surface area contributed by atoms with Gasteiger partial charge in [-0.2, -0.15) is 5.26 Å². The molecule has 0 aliphatic rings. The van der Waals surface area contributed by atoms with Crippen molar-refractivity contribution < 1.29 is 0 Å². The van der Waals surface area contributed by atoms with Crippen LogP contribution in [0.1, 0.15) is 11.3 Å². The highest BCUT2D eigenvalue weighted by atomic mass is 35.5. The average molecular weight is 233 g/mol. The predicted octanol–water partition coefficient (Wildman–Crippen LogP) is 2.56. The minimum absolute atomic E-state index is 0.0931. The minimum Gasteiger partial charge on any atom is -0.358 e. The van der Waals surface area contributed by atoms with Crippen molar-refractivity contribution in [2.24, 2.45) is 0 Å². The van der Waals surface area contributed by atoms with Gasteiger partial charge in [0.1, 0.15) is 0 Å². The molecule has 1 aromatic carbocycles. The first-order chi connectivity index (χ1) is 7.63. The highest BCUT2D eigenvalue weighted by molar-refractivity contribution is 6.31. The van der Waals surface area contributed by atoms with Crippen LogP contribution >= 0.6 is 11.6 Å². The Morgan fingerprint density at radius 3 is 2.94 bits per heavy atom. The maximum atomic E-state index is 12.0. The van der Waals surface area contributed by atoms with Gasteiger partial charge in [-0.1, -0.05) is 11.6 Å². The van der Waals surface area contributed by atoms with Crippen molar-refractivity contribution >= 4 is 22.5 Å². The average Bonchev–Trinajstić information content (AvgIpc) is 2.23. The summed E-state index contributed by atoms with van der Waals surface area (Å²) in [6, 6.07) is 7.05. The molecule has 0 bridgehead atoms. The van der Waals surface area contributed by atoms with E-state index in [1.54, 1.807) is 25.1 Å². The van der Waals surface area contributed by atoms with E-state index in [1.807, 2.05) is 6.07 Å². The van der Waals surface area contributed by atoms with E-state index in [9.17, 15) is 4.79 Å². The van der Waals surface area contributed by atoms with Crippen molar-refractivity contribution in [2.75, 3.05) is 0 Å². The first-order valence-corrected chi connectivity index (χ1v) is 5.19. The van der Waals surface area contributed by atoms with Crippen LogP contribution in [0.4, 0.5) is 0 Å². The summed E-state index contributed by atoms with van der Waals surface area (Å²) in [4.78, 5) is 15.1. The van der Waals surface area contributed by atoms with Gasteiger partial charge in [-0.3, -0.25) is 4.79 Å². The summed E-state index contributed by atoms with van der Waals surface area (Å²) in [5.41, 5.74) is 1.86. The van der Waals surface area contributed by atoms with E-state index < -0.39 is 0 Å². The summed E-state index contributed by atoms with van der Waals surface area (Å²) >= 11 is 5.85. The Hall–Kier alpha value is -1.79. The lowest BCUT2D eigenvalue weighted by Crippen LogP contribution is -2.12. The molecule has 1 N–H and O–H groups in total. The Morgan fingerprint density at radius 2 is 2.25 bits per heavy atom. The molecule has 0 radical (unpaired) electrons. The standard InChI is InChI=1S/C12H9ClN2O/c1-7-9(4-5-14)12(16)10-3-2-8(13)6-11(10)15-7/h2-3,6H,4H2,1H3,(H,15,16). The lowest BCUT2D eigenvalue weighted by atomic mass is 10.1. The van der Waals surface area contributed by atoms with Gasteiger partial charge in [0.15, 0.2) is 5.43 Å². The van der Waals surface area contributed by atoms with Crippen molar-refractivity contribution in [3.05, 3.63) is 44.7 Å². The van der Waals surface area contributed by atoms with Crippen LogP contribution in [0.5, 0.6) is 0 Å². The normalized spacial score (nSPS) is 10.3. The van der Waals surface area contributed by atoms with Crippen molar-refractivity contribution in [3.8, 4) is 6.07 Å². The first-order valence-electron chi connectivity index (χ1n) is 4.81. The number of hydrogen-bond acceptors (Lipinski definition) is 2. The molecule has 3 nitrogen and oxygen atoms in total. The first kappa shape index (κ1) is 10.7. The zero-order chi connectivity index (χ0) is 11.7. The highest BCUT2D eigenvalue weighted by Gasteiger charge is 2.08. The van der Waals surface area contributed by atoms with E-state index in [0.717, 1.165) is 5.69 Å². The fourth-order valence-corrected chi connectivity index (χ4v) is 1.89. The number of benzene rings is 1. The van der Waals surface area contributed by atoms with E-state index in [1.165, 1.54) is 0 Å². The van der Waals surface area contributed by atoms with Crippen molar-refractivity contribution in [3.63, 3.8) is 0 Å². The smallest absolute Gasteiger partial charge is 0.193 e. The molecule has 16 heavy (non-hydrogen) atoms. The van der Waals surface area contributed by atoms with Gasteiger partial charge in [-0.25, -0.2) is 0 Å². The van der Waals surface area contributed by atoms with Crippen LogP contribution in [-0.2, 0) is 6.42 Å². The molecule has 2 aromatic rings. The minimum atomic E-state index is -0.0931. The molecule has 2 rings (SSSR count). The van der Waals surface area contributed by atoms with Gasteiger partial charge in [0, 0.05) is 21.7 Å². The van der Waals surface area contributed by atoms with Crippen LogP contribution in [0.2, 0.25) is 5.02 Å². The van der Waals surface area contributed by atoms with E-state index in [0.29, 0.717) is 21.5 Å². The number of fused-ring (bicyclic) bond motifs is 1. The Morgan fingerprint density at radius 1 is 1.50 bits per heavy atom. The number of pyridine rings is 1. The molecule has 0 saturated carbocycles. The van der Waals surface area contributed by atoms with Gasteiger partial charge in [-0.15, -0.1) is 0 Å². The number of hydrogen-bond donors (Lipinski definition) is 1. The number of aryl methyl sites for hydroxylation is 1. The molecule has 1 aromatic heterocycles. The molecule has 0 atom stereocenters. The molecule has 0 aliphatic heterocycles. The molecular formula is C12H9ClN2O. The Balaban J connectivity index is 2.85. The summed E-state index contributed by atoms with van der Waals surface area (Å²) in [5.74, 6) is 0. The third-order valence-electron chi connectivity index (χ3n) is 2.53. The maximum absolute atomic E-state index is 12.0. The number of aromatic nitrogens is 1. The monoisotopic (exact) mass is 232 g/mol. The summed E-state index contributed by atoms with van der Waals surface area (Å²) in [5, 5.41) is 9.81. The Kier molecular flexibility index (Phi) is 2.67. The number of nitrogens with one attached hydrogen (secondary N) is 1. The number of nitriles is 1. The van der Waals surface area contributed by atoms with E-state index in [4.69, 9.17) is 16.9 Å². The van der Waals surface area contributed by atoms with Crippen LogP contribution in [0.3, 0.4) is 0 Å². The van der Waals surface area contributed by atoms with Crippen molar-refractivity contribution in [1.82, 2.24) is 4.98 Å². The molecular weight excluding hydrogens is 224 g/mol. The molecule has 4 heteroatoms. The Bertz CT molecular complexity index is 652. The highest BCUT2D eigenvalue weighted by Crippen LogP contribution is 2.16. The fourth-order valence-electron chi connectivity index (χ4n) is 1.72. The van der Waals surface area contributed by atoms with Gasteiger partial charge in [0.25, 0.3) is 0 Å². The molecule has 0 fully saturated rings. The Labute approximate surface area is 97.3 Å².